The van der Waals surface area contributed by atoms with Crippen molar-refractivity contribution in [1.29, 1.82) is 0 Å². The summed E-state index contributed by atoms with van der Waals surface area (Å²) in [5, 5.41) is 0. The van der Waals surface area contributed by atoms with Crippen LogP contribution in [0.5, 0.6) is 0 Å². The van der Waals surface area contributed by atoms with Crippen LogP contribution in [0.2, 0.25) is 0 Å². The van der Waals surface area contributed by atoms with Crippen molar-refractivity contribution in [2.75, 3.05) is 37.0 Å². The summed E-state index contributed by atoms with van der Waals surface area (Å²) in [5.41, 5.74) is 0. The average Bonchev–Trinajstić information content (AvgIpc) is 2.28. The van der Waals surface area contributed by atoms with Crippen molar-refractivity contribution in [3.8, 4) is 0 Å². The minimum Gasteiger partial charge on any atom is -0.299 e. The van der Waals surface area contributed by atoms with E-state index in [4.69, 9.17) is 11.6 Å². The maximum absolute atomic E-state index is 11.3. The van der Waals surface area contributed by atoms with Crippen molar-refractivity contribution in [1.82, 2.24) is 4.90 Å². The van der Waals surface area contributed by atoms with E-state index < -0.39 is 9.84 Å². The lowest BCUT2D eigenvalue weighted by Gasteiger charge is -2.16. The standard InChI is InChI=1S/C9H16ClNO2S/c10-4-1-2-5-11-6-3-8-14(12,13)9-7-11/h1-2H,3-9H2/b2-1+. The summed E-state index contributed by atoms with van der Waals surface area (Å²) >= 11 is 5.50. The molecule has 3 nitrogen and oxygen atoms in total. The molecule has 1 heterocycles. The van der Waals surface area contributed by atoms with Crippen LogP contribution in [-0.2, 0) is 9.84 Å². The number of rotatable bonds is 3. The molecule has 0 radical (unpaired) electrons. The topological polar surface area (TPSA) is 37.4 Å². The highest BCUT2D eigenvalue weighted by Gasteiger charge is 2.17. The summed E-state index contributed by atoms with van der Waals surface area (Å²) in [5.74, 6) is 1.15. The third-order valence-electron chi connectivity index (χ3n) is 2.27. The maximum atomic E-state index is 11.3. The SMILES string of the molecule is O=S1(=O)CCCN(C/C=C/CCl)CC1. The predicted molar refractivity (Wildman–Crippen MR) is 59.6 cm³/mol. The molecule has 1 rings (SSSR count). The van der Waals surface area contributed by atoms with Crippen LogP contribution in [0.3, 0.4) is 0 Å². The van der Waals surface area contributed by atoms with Crippen LogP contribution in [-0.4, -0.2) is 50.3 Å². The largest absolute Gasteiger partial charge is 0.299 e. The average molecular weight is 238 g/mol. The smallest absolute Gasteiger partial charge is 0.151 e. The molecule has 0 amide bonds. The lowest BCUT2D eigenvalue weighted by molar-refractivity contribution is 0.327. The lowest BCUT2D eigenvalue weighted by atomic mass is 10.4. The Hall–Kier alpha value is -0.0600. The Morgan fingerprint density at radius 3 is 2.71 bits per heavy atom. The van der Waals surface area contributed by atoms with Crippen molar-refractivity contribution in [2.45, 2.75) is 6.42 Å². The Bertz CT molecular complexity index is 287. The highest BCUT2D eigenvalue weighted by molar-refractivity contribution is 7.91. The van der Waals surface area contributed by atoms with Gasteiger partial charge in [0.1, 0.15) is 0 Å². The van der Waals surface area contributed by atoms with Gasteiger partial charge in [-0.25, -0.2) is 8.42 Å². The zero-order valence-corrected chi connectivity index (χ0v) is 9.73. The lowest BCUT2D eigenvalue weighted by Crippen LogP contribution is -2.27. The molecular weight excluding hydrogens is 222 g/mol. The highest BCUT2D eigenvalue weighted by atomic mass is 35.5. The molecule has 0 saturated carbocycles. The highest BCUT2D eigenvalue weighted by Crippen LogP contribution is 2.04. The summed E-state index contributed by atoms with van der Waals surface area (Å²) < 4.78 is 22.6. The van der Waals surface area contributed by atoms with Crippen molar-refractivity contribution < 1.29 is 8.42 Å². The van der Waals surface area contributed by atoms with Crippen LogP contribution in [0.25, 0.3) is 0 Å². The van der Waals surface area contributed by atoms with E-state index in [0.29, 0.717) is 23.9 Å². The molecule has 1 aliphatic rings. The Labute approximate surface area is 90.7 Å². The molecule has 0 atom stereocenters. The molecule has 0 aromatic rings. The van der Waals surface area contributed by atoms with E-state index in [2.05, 4.69) is 4.90 Å². The van der Waals surface area contributed by atoms with E-state index in [0.717, 1.165) is 19.5 Å². The zero-order chi connectivity index (χ0) is 10.4. The predicted octanol–water partition coefficient (Wildman–Crippen LogP) is 0.902. The molecular formula is C9H16ClNO2S. The molecule has 0 aromatic carbocycles. The van der Waals surface area contributed by atoms with Crippen molar-refractivity contribution in [3.05, 3.63) is 12.2 Å². The second-order valence-corrected chi connectivity index (χ2v) is 6.04. The van der Waals surface area contributed by atoms with Gasteiger partial charge in [0.05, 0.1) is 11.5 Å². The van der Waals surface area contributed by atoms with Crippen LogP contribution < -0.4 is 0 Å². The third-order valence-corrected chi connectivity index (χ3v) is 4.16. The summed E-state index contributed by atoms with van der Waals surface area (Å²) in [7, 11) is -2.77. The second kappa shape index (κ2) is 5.73. The van der Waals surface area contributed by atoms with Gasteiger partial charge in [-0.1, -0.05) is 12.2 Å². The molecule has 1 saturated heterocycles. The zero-order valence-electron chi connectivity index (χ0n) is 8.15. The first-order valence-corrected chi connectivity index (χ1v) is 7.13. The van der Waals surface area contributed by atoms with Crippen molar-refractivity contribution in [3.63, 3.8) is 0 Å². The fourth-order valence-electron chi connectivity index (χ4n) is 1.46. The number of hydrogen-bond donors (Lipinski definition) is 0. The van der Waals surface area contributed by atoms with E-state index in [-0.39, 0.29) is 0 Å². The number of alkyl halides is 1. The molecule has 1 fully saturated rings. The summed E-state index contributed by atoms with van der Waals surface area (Å²) in [6.45, 7) is 2.32. The van der Waals surface area contributed by atoms with Gasteiger partial charge in [0.25, 0.3) is 0 Å². The molecule has 0 unspecified atom stereocenters. The van der Waals surface area contributed by atoms with E-state index in [1.54, 1.807) is 0 Å². The summed E-state index contributed by atoms with van der Waals surface area (Å²) in [6, 6.07) is 0. The third kappa shape index (κ3) is 4.44. The fourth-order valence-corrected chi connectivity index (χ4v) is 2.89. The minimum atomic E-state index is -2.77. The molecule has 0 N–H and O–H groups in total. The maximum Gasteiger partial charge on any atom is 0.151 e. The normalized spacial score (nSPS) is 23.8. The van der Waals surface area contributed by atoms with E-state index in [9.17, 15) is 8.42 Å². The quantitative estimate of drug-likeness (QED) is 0.541. The Morgan fingerprint density at radius 1 is 1.21 bits per heavy atom. The Balaban J connectivity index is 2.39. The van der Waals surface area contributed by atoms with Gasteiger partial charge < -0.3 is 0 Å². The first-order chi connectivity index (χ1) is 6.64. The second-order valence-electron chi connectivity index (χ2n) is 3.43. The van der Waals surface area contributed by atoms with Gasteiger partial charge >= 0.3 is 0 Å². The molecule has 82 valence electrons. The van der Waals surface area contributed by atoms with Crippen LogP contribution in [0.15, 0.2) is 12.2 Å². The number of sulfone groups is 1. The Morgan fingerprint density at radius 2 is 2.00 bits per heavy atom. The van der Waals surface area contributed by atoms with Gasteiger partial charge in [-0.3, -0.25) is 4.90 Å². The van der Waals surface area contributed by atoms with Gasteiger partial charge in [0.15, 0.2) is 9.84 Å². The van der Waals surface area contributed by atoms with Crippen LogP contribution in [0.4, 0.5) is 0 Å². The molecule has 0 aromatic heterocycles. The molecule has 5 heteroatoms. The van der Waals surface area contributed by atoms with Crippen LogP contribution in [0, 0.1) is 0 Å². The number of nitrogens with zero attached hydrogens (tertiary/aromatic N) is 1. The van der Waals surface area contributed by atoms with Crippen molar-refractivity contribution >= 4 is 21.4 Å². The van der Waals surface area contributed by atoms with E-state index in [1.165, 1.54) is 0 Å². The summed E-state index contributed by atoms with van der Waals surface area (Å²) in [6.07, 6.45) is 4.63. The first-order valence-electron chi connectivity index (χ1n) is 4.78. The Kier molecular flexibility index (Phi) is 4.92. The minimum absolute atomic E-state index is 0.293. The molecule has 0 aliphatic carbocycles. The summed E-state index contributed by atoms with van der Waals surface area (Å²) in [4.78, 5) is 2.15. The monoisotopic (exact) mass is 237 g/mol. The number of allylic oxidation sites excluding steroid dienone is 1. The number of halogens is 1. The van der Waals surface area contributed by atoms with Gasteiger partial charge in [0.2, 0.25) is 0 Å². The molecule has 14 heavy (non-hydrogen) atoms. The van der Waals surface area contributed by atoms with Crippen LogP contribution >= 0.6 is 11.6 Å². The number of hydrogen-bond acceptors (Lipinski definition) is 3. The van der Waals surface area contributed by atoms with E-state index >= 15 is 0 Å². The van der Waals surface area contributed by atoms with Gasteiger partial charge in [-0.05, 0) is 13.0 Å². The van der Waals surface area contributed by atoms with Gasteiger partial charge in [0, 0.05) is 19.0 Å². The van der Waals surface area contributed by atoms with Gasteiger partial charge in [-0.15, -0.1) is 11.6 Å². The molecule has 0 spiro atoms. The molecule has 1 aliphatic heterocycles. The molecule has 0 bridgehead atoms. The first kappa shape index (κ1) is 12.0. The van der Waals surface area contributed by atoms with Gasteiger partial charge in [-0.2, -0.15) is 0 Å². The van der Waals surface area contributed by atoms with Crippen molar-refractivity contribution in [2.24, 2.45) is 0 Å². The van der Waals surface area contributed by atoms with Crippen LogP contribution in [0.1, 0.15) is 6.42 Å². The van der Waals surface area contributed by atoms with E-state index in [1.807, 2.05) is 12.2 Å². The fraction of sp³-hybridized carbons (Fsp3) is 0.778.